The molecular weight excluding hydrogens is 270 g/mol. The average molecular weight is 295 g/mol. The lowest BCUT2D eigenvalue weighted by atomic mass is 10.0. The van der Waals surface area contributed by atoms with Crippen LogP contribution in [0.2, 0.25) is 0 Å². The summed E-state index contributed by atoms with van der Waals surface area (Å²) in [5.41, 5.74) is 1.05. The Labute approximate surface area is 123 Å². The zero-order valence-electron chi connectivity index (χ0n) is 12.8. The van der Waals surface area contributed by atoms with Gasteiger partial charge in [-0.05, 0) is 38.3 Å². The molecule has 1 rings (SSSR count). The summed E-state index contributed by atoms with van der Waals surface area (Å²) in [6.45, 7) is 7.98. The molecule has 3 nitrogen and oxygen atoms in total. The van der Waals surface area contributed by atoms with Crippen molar-refractivity contribution >= 4 is 10.0 Å². The van der Waals surface area contributed by atoms with E-state index < -0.39 is 10.0 Å². The van der Waals surface area contributed by atoms with Crippen LogP contribution in [0, 0.1) is 12.8 Å². The summed E-state index contributed by atoms with van der Waals surface area (Å²) in [5, 5.41) is 0. The highest BCUT2D eigenvalue weighted by molar-refractivity contribution is 7.89. The average Bonchev–Trinajstić information content (AvgIpc) is 2.38. The first kappa shape index (κ1) is 16.9. The zero-order chi connectivity index (χ0) is 15.2. The molecule has 0 fully saturated rings. The van der Waals surface area contributed by atoms with Crippen molar-refractivity contribution in [2.45, 2.75) is 51.5 Å². The van der Waals surface area contributed by atoms with Crippen LogP contribution in [0.25, 0.3) is 0 Å². The monoisotopic (exact) mass is 295 g/mol. The second-order valence-electron chi connectivity index (χ2n) is 5.30. The van der Waals surface area contributed by atoms with E-state index in [0.717, 1.165) is 18.4 Å². The first-order chi connectivity index (χ1) is 9.36. The zero-order valence-corrected chi connectivity index (χ0v) is 13.6. The van der Waals surface area contributed by atoms with E-state index in [9.17, 15) is 8.42 Å². The molecule has 2 atom stereocenters. The van der Waals surface area contributed by atoms with Gasteiger partial charge in [0.25, 0.3) is 0 Å². The van der Waals surface area contributed by atoms with Crippen LogP contribution in [0.1, 0.15) is 39.2 Å². The molecule has 0 radical (unpaired) electrons. The Hall–Kier alpha value is -1.13. The molecular formula is C16H25NO2S. The Balaban J connectivity index is 2.73. The van der Waals surface area contributed by atoms with Gasteiger partial charge >= 0.3 is 0 Å². The van der Waals surface area contributed by atoms with Crippen LogP contribution >= 0.6 is 0 Å². The molecule has 0 saturated carbocycles. The number of unbranched alkanes of at least 4 members (excludes halogenated alkanes) is 1. The second kappa shape index (κ2) is 7.60. The largest absolute Gasteiger partial charge is 0.240 e. The maximum atomic E-state index is 12.3. The third-order valence-electron chi connectivity index (χ3n) is 3.36. The summed E-state index contributed by atoms with van der Waals surface area (Å²) in [6, 6.07) is 6.77. The highest BCUT2D eigenvalue weighted by atomic mass is 32.2. The van der Waals surface area contributed by atoms with Crippen LogP contribution in [0.5, 0.6) is 0 Å². The van der Waals surface area contributed by atoms with Crippen LogP contribution in [-0.4, -0.2) is 14.5 Å². The van der Waals surface area contributed by atoms with Crippen molar-refractivity contribution in [3.63, 3.8) is 0 Å². The third kappa shape index (κ3) is 5.10. The van der Waals surface area contributed by atoms with Gasteiger partial charge in [-0.25, -0.2) is 13.1 Å². The topological polar surface area (TPSA) is 46.2 Å². The molecule has 1 aromatic rings. The van der Waals surface area contributed by atoms with Gasteiger partial charge in [-0.1, -0.05) is 50.1 Å². The van der Waals surface area contributed by atoms with E-state index in [2.05, 4.69) is 23.8 Å². The lowest BCUT2D eigenvalue weighted by molar-refractivity contribution is 0.508. The van der Waals surface area contributed by atoms with E-state index in [0.29, 0.717) is 4.90 Å². The van der Waals surface area contributed by atoms with Crippen molar-refractivity contribution in [3.05, 3.63) is 42.0 Å². The molecule has 0 unspecified atom stereocenters. The van der Waals surface area contributed by atoms with Crippen LogP contribution in [0.3, 0.4) is 0 Å². The van der Waals surface area contributed by atoms with Gasteiger partial charge in [-0.2, -0.15) is 0 Å². The normalized spacial score (nSPS) is 15.4. The van der Waals surface area contributed by atoms with Gasteiger partial charge in [-0.3, -0.25) is 0 Å². The minimum absolute atomic E-state index is 0.130. The van der Waals surface area contributed by atoms with E-state index in [1.807, 2.05) is 32.9 Å². The van der Waals surface area contributed by atoms with E-state index in [-0.39, 0.29) is 12.0 Å². The Morgan fingerprint density at radius 3 is 2.35 bits per heavy atom. The molecule has 0 spiro atoms. The number of sulfonamides is 1. The number of benzene rings is 1. The van der Waals surface area contributed by atoms with Gasteiger partial charge < -0.3 is 0 Å². The molecule has 0 amide bonds. The SMILES string of the molecule is CCC/C=C/[C@@H](C)[C@@H](C)NS(=O)(=O)c1ccc(C)cc1. The quantitative estimate of drug-likeness (QED) is 0.780. The molecule has 0 bridgehead atoms. The molecule has 1 N–H and O–H groups in total. The first-order valence-electron chi connectivity index (χ1n) is 7.12. The highest BCUT2D eigenvalue weighted by Gasteiger charge is 2.19. The lowest BCUT2D eigenvalue weighted by Crippen LogP contribution is -2.36. The molecule has 0 heterocycles. The van der Waals surface area contributed by atoms with Gasteiger partial charge in [0.15, 0.2) is 0 Å². The minimum atomic E-state index is -3.44. The van der Waals surface area contributed by atoms with Crippen LogP contribution in [0.15, 0.2) is 41.3 Å². The Bertz CT molecular complexity index is 532. The van der Waals surface area contributed by atoms with Gasteiger partial charge in [0.2, 0.25) is 10.0 Å². The number of nitrogens with one attached hydrogen (secondary N) is 1. The van der Waals surface area contributed by atoms with Crippen molar-refractivity contribution in [3.8, 4) is 0 Å². The third-order valence-corrected chi connectivity index (χ3v) is 4.93. The lowest BCUT2D eigenvalue weighted by Gasteiger charge is -2.18. The molecule has 4 heteroatoms. The van der Waals surface area contributed by atoms with E-state index in [4.69, 9.17) is 0 Å². The second-order valence-corrected chi connectivity index (χ2v) is 7.01. The van der Waals surface area contributed by atoms with Gasteiger partial charge in [0, 0.05) is 6.04 Å². The van der Waals surface area contributed by atoms with E-state index in [1.165, 1.54) is 0 Å². The van der Waals surface area contributed by atoms with Gasteiger partial charge in [-0.15, -0.1) is 0 Å². The fourth-order valence-corrected chi connectivity index (χ4v) is 3.12. The molecule has 0 aliphatic carbocycles. The smallest absolute Gasteiger partial charge is 0.208 e. The number of allylic oxidation sites excluding steroid dienone is 1. The number of rotatable bonds is 7. The summed E-state index contributed by atoms with van der Waals surface area (Å²) in [6.07, 6.45) is 6.32. The molecule has 0 saturated heterocycles. The van der Waals surface area contributed by atoms with Crippen LogP contribution in [-0.2, 0) is 10.0 Å². The summed E-state index contributed by atoms with van der Waals surface area (Å²) in [7, 11) is -3.44. The Kier molecular flexibility index (Phi) is 6.43. The molecule has 0 aliphatic rings. The van der Waals surface area contributed by atoms with Crippen LogP contribution in [0.4, 0.5) is 0 Å². The maximum absolute atomic E-state index is 12.3. The molecule has 1 aromatic carbocycles. The standard InChI is InChI=1S/C16H25NO2S/c1-5-6-7-8-14(3)15(4)17-20(18,19)16-11-9-13(2)10-12-16/h7-12,14-15,17H,5-6H2,1-4H3/b8-7+/t14-,15-/m1/s1. The van der Waals surface area contributed by atoms with Crippen molar-refractivity contribution in [2.75, 3.05) is 0 Å². The Morgan fingerprint density at radius 2 is 1.80 bits per heavy atom. The van der Waals surface area contributed by atoms with Crippen molar-refractivity contribution in [1.82, 2.24) is 4.72 Å². The summed E-state index contributed by atoms with van der Waals surface area (Å²) >= 11 is 0. The summed E-state index contributed by atoms with van der Waals surface area (Å²) in [5.74, 6) is 0.168. The van der Waals surface area contributed by atoms with Crippen molar-refractivity contribution in [1.29, 1.82) is 0 Å². The van der Waals surface area contributed by atoms with E-state index in [1.54, 1.807) is 12.1 Å². The fraction of sp³-hybridized carbons (Fsp3) is 0.500. The fourth-order valence-electron chi connectivity index (χ4n) is 1.78. The molecule has 0 aliphatic heterocycles. The predicted octanol–water partition coefficient (Wildman–Crippen LogP) is 3.65. The summed E-state index contributed by atoms with van der Waals surface area (Å²) in [4.78, 5) is 0.319. The first-order valence-corrected chi connectivity index (χ1v) is 8.60. The van der Waals surface area contributed by atoms with E-state index >= 15 is 0 Å². The van der Waals surface area contributed by atoms with Crippen molar-refractivity contribution < 1.29 is 8.42 Å². The van der Waals surface area contributed by atoms with Gasteiger partial charge in [0.05, 0.1) is 4.90 Å². The molecule has 112 valence electrons. The predicted molar refractivity (Wildman–Crippen MR) is 84.2 cm³/mol. The molecule has 0 aromatic heterocycles. The Morgan fingerprint density at radius 1 is 1.20 bits per heavy atom. The van der Waals surface area contributed by atoms with Crippen molar-refractivity contribution in [2.24, 2.45) is 5.92 Å². The minimum Gasteiger partial charge on any atom is -0.208 e. The number of aryl methyl sites for hydroxylation is 1. The highest BCUT2D eigenvalue weighted by Crippen LogP contribution is 2.13. The summed E-state index contributed by atoms with van der Waals surface area (Å²) < 4.78 is 27.2. The number of hydrogen-bond donors (Lipinski definition) is 1. The molecule has 20 heavy (non-hydrogen) atoms. The van der Waals surface area contributed by atoms with Crippen LogP contribution < -0.4 is 4.72 Å². The maximum Gasteiger partial charge on any atom is 0.240 e. The number of hydrogen-bond acceptors (Lipinski definition) is 2. The van der Waals surface area contributed by atoms with Gasteiger partial charge in [0.1, 0.15) is 0 Å².